The predicted molar refractivity (Wildman–Crippen MR) is 122 cm³/mol. The highest BCUT2D eigenvalue weighted by Crippen LogP contribution is 2.29. The van der Waals surface area contributed by atoms with Gasteiger partial charge in [0.25, 0.3) is 5.56 Å². The van der Waals surface area contributed by atoms with Crippen molar-refractivity contribution in [3.05, 3.63) is 113 Å². The summed E-state index contributed by atoms with van der Waals surface area (Å²) in [4.78, 5) is 18.1. The van der Waals surface area contributed by atoms with Crippen LogP contribution in [0.15, 0.2) is 95.8 Å². The van der Waals surface area contributed by atoms with Gasteiger partial charge >= 0.3 is 0 Å². The monoisotopic (exact) mass is 418 g/mol. The van der Waals surface area contributed by atoms with E-state index in [4.69, 9.17) is 9.72 Å². The molecule has 0 saturated heterocycles. The Hall–Kier alpha value is -4.63. The fraction of sp³-hybridized carbons (Fsp3) is 0.0385. The molecular weight excluding hydrogens is 400 g/mol. The maximum atomic E-state index is 13.3. The van der Waals surface area contributed by atoms with Gasteiger partial charge in [0, 0.05) is 11.6 Å². The molecule has 32 heavy (non-hydrogen) atoms. The summed E-state index contributed by atoms with van der Waals surface area (Å²) < 4.78 is 7.19. The highest BCUT2D eigenvalue weighted by Gasteiger charge is 2.18. The molecule has 0 aliphatic rings. The Kier molecular flexibility index (Phi) is 4.98. The molecule has 5 aromatic rings. The maximum absolute atomic E-state index is 13.3. The number of aromatic amines is 1. The normalized spacial score (nSPS) is 10.7. The molecule has 0 saturated carbocycles. The lowest BCUT2D eigenvalue weighted by Crippen LogP contribution is -2.18. The third-order valence-electron chi connectivity index (χ3n) is 5.17. The van der Waals surface area contributed by atoms with Gasteiger partial charge in [-0.25, -0.2) is 4.98 Å². The van der Waals surface area contributed by atoms with E-state index in [1.165, 1.54) is 4.52 Å². The Morgan fingerprint density at radius 2 is 1.59 bits per heavy atom. The second-order valence-corrected chi connectivity index (χ2v) is 7.28. The topological polar surface area (TPSA) is 83.2 Å². The zero-order chi connectivity index (χ0) is 21.9. The molecule has 6 nitrogen and oxygen atoms in total. The summed E-state index contributed by atoms with van der Waals surface area (Å²) in [5, 5.41) is 12.0. The zero-order valence-corrected chi connectivity index (χ0v) is 17.0. The van der Waals surface area contributed by atoms with Crippen LogP contribution in [0, 0.1) is 11.3 Å². The van der Waals surface area contributed by atoms with Crippen LogP contribution in [0.25, 0.3) is 28.0 Å². The van der Waals surface area contributed by atoms with Crippen LogP contribution in [0.3, 0.4) is 0 Å². The first-order valence-electron chi connectivity index (χ1n) is 10.1. The first-order chi connectivity index (χ1) is 15.7. The second-order valence-electron chi connectivity index (χ2n) is 7.28. The van der Waals surface area contributed by atoms with Crippen molar-refractivity contribution in [2.45, 2.75) is 6.61 Å². The van der Waals surface area contributed by atoms with E-state index in [-0.39, 0.29) is 11.3 Å². The summed E-state index contributed by atoms with van der Waals surface area (Å²) in [5.74, 6) is 0.727. The lowest BCUT2D eigenvalue weighted by Gasteiger charge is -2.11. The minimum atomic E-state index is -0.262. The largest absolute Gasteiger partial charge is 0.489 e. The predicted octanol–water partition coefficient (Wildman–Crippen LogP) is 4.81. The van der Waals surface area contributed by atoms with Gasteiger partial charge in [0.2, 0.25) is 0 Å². The number of nitrogens with one attached hydrogen (secondary N) is 1. The molecule has 1 N–H and O–H groups in total. The molecule has 0 bridgehead atoms. The molecule has 0 amide bonds. The molecule has 154 valence electrons. The Morgan fingerprint density at radius 3 is 2.28 bits per heavy atom. The molecule has 0 fully saturated rings. The Balaban J connectivity index is 1.57. The molecule has 0 spiro atoms. The van der Waals surface area contributed by atoms with Gasteiger partial charge in [-0.1, -0.05) is 60.7 Å². The first kappa shape index (κ1) is 19.3. The number of hydrogen-bond donors (Lipinski definition) is 1. The van der Waals surface area contributed by atoms with Crippen LogP contribution >= 0.6 is 0 Å². The van der Waals surface area contributed by atoms with Gasteiger partial charge in [-0.2, -0.15) is 9.78 Å². The van der Waals surface area contributed by atoms with Crippen molar-refractivity contribution in [3.8, 4) is 34.2 Å². The smallest absolute Gasteiger partial charge is 0.281 e. The third kappa shape index (κ3) is 3.64. The van der Waals surface area contributed by atoms with E-state index in [1.807, 2.05) is 91.0 Å². The fourth-order valence-corrected chi connectivity index (χ4v) is 3.61. The number of rotatable bonds is 5. The average molecular weight is 418 g/mol. The molecule has 3 aromatic carbocycles. The van der Waals surface area contributed by atoms with Crippen molar-refractivity contribution in [1.82, 2.24) is 14.6 Å². The van der Waals surface area contributed by atoms with E-state index in [2.05, 4.69) is 5.10 Å². The van der Waals surface area contributed by atoms with Crippen LogP contribution in [-0.4, -0.2) is 14.6 Å². The Bertz CT molecular complexity index is 1480. The summed E-state index contributed by atoms with van der Waals surface area (Å²) in [7, 11) is 0. The number of benzene rings is 3. The number of aromatic nitrogens is 3. The van der Waals surface area contributed by atoms with Crippen LogP contribution in [0.5, 0.6) is 5.75 Å². The number of H-pyrrole nitrogens is 1. The summed E-state index contributed by atoms with van der Waals surface area (Å²) in [6, 6.07) is 30.5. The zero-order valence-electron chi connectivity index (χ0n) is 17.0. The fourth-order valence-electron chi connectivity index (χ4n) is 3.61. The molecule has 0 atom stereocenters. The number of hydrogen-bond acceptors (Lipinski definition) is 4. The van der Waals surface area contributed by atoms with Crippen molar-refractivity contribution < 1.29 is 4.74 Å². The van der Waals surface area contributed by atoms with Crippen LogP contribution < -0.4 is 10.3 Å². The van der Waals surface area contributed by atoms with Crippen LogP contribution in [0.4, 0.5) is 0 Å². The second kappa shape index (κ2) is 8.25. The molecule has 5 rings (SSSR count). The summed E-state index contributed by atoms with van der Waals surface area (Å²) in [5.41, 5.74) is 4.06. The maximum Gasteiger partial charge on any atom is 0.281 e. The van der Waals surface area contributed by atoms with Crippen molar-refractivity contribution in [2.75, 3.05) is 0 Å². The van der Waals surface area contributed by atoms with E-state index in [0.29, 0.717) is 23.5 Å². The molecule has 0 aliphatic carbocycles. The summed E-state index contributed by atoms with van der Waals surface area (Å²) in [6.07, 6.45) is 0. The van der Waals surface area contributed by atoms with Crippen molar-refractivity contribution in [2.24, 2.45) is 0 Å². The quantitative estimate of drug-likeness (QED) is 0.444. The lowest BCUT2D eigenvalue weighted by atomic mass is 10.0. The van der Waals surface area contributed by atoms with E-state index >= 15 is 0 Å². The van der Waals surface area contributed by atoms with Gasteiger partial charge in [-0.05, 0) is 35.4 Å². The molecule has 0 aliphatic heterocycles. The third-order valence-corrected chi connectivity index (χ3v) is 5.17. The summed E-state index contributed by atoms with van der Waals surface area (Å²) >= 11 is 0. The van der Waals surface area contributed by atoms with Crippen molar-refractivity contribution >= 4 is 5.65 Å². The van der Waals surface area contributed by atoms with Gasteiger partial charge in [0.05, 0.1) is 11.3 Å². The van der Waals surface area contributed by atoms with Crippen molar-refractivity contribution in [3.63, 3.8) is 0 Å². The lowest BCUT2D eigenvalue weighted by molar-refractivity contribution is 0.306. The Morgan fingerprint density at radius 1 is 0.906 bits per heavy atom. The standard InChI is InChI=1S/C26H18N4O2/c27-16-21-15-23-28-25(24(26(31)30(23)29-21)19-9-5-2-6-10-19)20-11-13-22(14-12-20)32-17-18-7-3-1-4-8-18/h1-15,29H,17H2. The van der Waals surface area contributed by atoms with Crippen LogP contribution in [-0.2, 0) is 6.61 Å². The molecule has 0 radical (unpaired) electrons. The van der Waals surface area contributed by atoms with E-state index in [1.54, 1.807) is 6.07 Å². The Labute approximate surface area is 184 Å². The number of nitriles is 1. The van der Waals surface area contributed by atoms with E-state index < -0.39 is 0 Å². The summed E-state index contributed by atoms with van der Waals surface area (Å²) in [6.45, 7) is 0.474. The molecular formula is C26H18N4O2. The van der Waals surface area contributed by atoms with Gasteiger partial charge in [0.15, 0.2) is 5.65 Å². The minimum absolute atomic E-state index is 0.262. The SMILES string of the molecule is N#Cc1cc2nc(-c3ccc(OCc4ccccc4)cc3)c(-c3ccccc3)c(=O)n2[nH]1. The molecule has 6 heteroatoms. The minimum Gasteiger partial charge on any atom is -0.489 e. The van der Waals surface area contributed by atoms with E-state index in [9.17, 15) is 10.1 Å². The van der Waals surface area contributed by atoms with Gasteiger partial charge in [-0.3, -0.25) is 9.89 Å². The number of ether oxygens (including phenoxy) is 1. The van der Waals surface area contributed by atoms with Gasteiger partial charge in [0.1, 0.15) is 24.1 Å². The number of nitrogens with zero attached hydrogens (tertiary/aromatic N) is 3. The van der Waals surface area contributed by atoms with Crippen LogP contribution in [0.2, 0.25) is 0 Å². The molecule has 0 unspecified atom stereocenters. The highest BCUT2D eigenvalue weighted by molar-refractivity contribution is 5.81. The van der Waals surface area contributed by atoms with Gasteiger partial charge < -0.3 is 4.74 Å². The van der Waals surface area contributed by atoms with Crippen molar-refractivity contribution in [1.29, 1.82) is 5.26 Å². The van der Waals surface area contributed by atoms with E-state index in [0.717, 1.165) is 22.4 Å². The highest BCUT2D eigenvalue weighted by atomic mass is 16.5. The first-order valence-corrected chi connectivity index (χ1v) is 10.1. The van der Waals surface area contributed by atoms with Gasteiger partial charge in [-0.15, -0.1) is 0 Å². The van der Waals surface area contributed by atoms with Crippen LogP contribution in [0.1, 0.15) is 11.3 Å². The number of fused-ring (bicyclic) bond motifs is 1. The molecule has 2 aromatic heterocycles. The average Bonchev–Trinajstić information content (AvgIpc) is 3.28. The molecule has 2 heterocycles.